The van der Waals surface area contributed by atoms with Crippen LogP contribution in [0.1, 0.15) is 12.8 Å². The number of nitrogens with two attached hydrogens (primary N) is 1. The van der Waals surface area contributed by atoms with Crippen LogP contribution < -0.4 is 24.2 Å². The summed E-state index contributed by atoms with van der Waals surface area (Å²) in [4.78, 5) is 10.9. The molecule has 2 heterocycles. The molecule has 26 heavy (non-hydrogen) atoms. The predicted molar refractivity (Wildman–Crippen MR) is 98.7 cm³/mol. The van der Waals surface area contributed by atoms with Crippen molar-refractivity contribution in [2.45, 2.75) is 12.8 Å². The van der Waals surface area contributed by atoms with Gasteiger partial charge in [0.25, 0.3) is 10.2 Å². The summed E-state index contributed by atoms with van der Waals surface area (Å²) in [5.74, 6) is 2.65. The van der Waals surface area contributed by atoms with Gasteiger partial charge in [-0.05, 0) is 24.8 Å². The largest absolute Gasteiger partial charge is 0.493 e. The number of hydrogen-bond donors (Lipinski definition) is 2. The molecule has 0 unspecified atom stereocenters. The minimum Gasteiger partial charge on any atom is -0.493 e. The lowest BCUT2D eigenvalue weighted by atomic mass is 9.94. The lowest BCUT2D eigenvalue weighted by Crippen LogP contribution is -2.47. The summed E-state index contributed by atoms with van der Waals surface area (Å²) in [6.07, 6.45) is 3.23. The second-order valence-corrected chi connectivity index (χ2v) is 7.65. The molecule has 3 rings (SSSR count). The van der Waals surface area contributed by atoms with Crippen molar-refractivity contribution in [3.63, 3.8) is 0 Å². The van der Waals surface area contributed by atoms with E-state index in [2.05, 4.69) is 19.6 Å². The molecule has 0 amide bonds. The average Bonchev–Trinajstić information content (AvgIpc) is 2.57. The Balaban J connectivity index is 1.65. The lowest BCUT2D eigenvalue weighted by Gasteiger charge is -2.40. The second-order valence-electron chi connectivity index (χ2n) is 6.27. The molecular formula is C16H23N5O4S. The van der Waals surface area contributed by atoms with Crippen molar-refractivity contribution in [3.8, 4) is 11.5 Å². The minimum absolute atomic E-state index is 0.364. The molecule has 1 aromatic heterocycles. The van der Waals surface area contributed by atoms with Crippen LogP contribution in [0.5, 0.6) is 11.5 Å². The maximum absolute atomic E-state index is 10.8. The van der Waals surface area contributed by atoms with E-state index in [1.54, 1.807) is 20.5 Å². The highest BCUT2D eigenvalue weighted by Crippen LogP contribution is 2.36. The standard InChI is InChI=1S/C16H23N5O4S/c1-24-14-6-12-13(7-15(14)25-2)18-10-19-16(12)21-8-11(9-21)4-3-5-20-26(17,22)23/h6-7,10-11,20H,3-5,8-9H2,1-2H3,(H2,17,22,23). The Labute approximate surface area is 152 Å². The van der Waals surface area contributed by atoms with Gasteiger partial charge in [-0.3, -0.25) is 0 Å². The third-order valence-corrected chi connectivity index (χ3v) is 5.08. The molecule has 1 aliphatic heterocycles. The van der Waals surface area contributed by atoms with Crippen LogP contribution in [0.4, 0.5) is 5.82 Å². The van der Waals surface area contributed by atoms with Crippen LogP contribution in [0.15, 0.2) is 18.5 Å². The number of nitrogens with zero attached hydrogens (tertiary/aromatic N) is 3. The number of methoxy groups -OCH3 is 2. The van der Waals surface area contributed by atoms with Gasteiger partial charge < -0.3 is 14.4 Å². The summed E-state index contributed by atoms with van der Waals surface area (Å²) in [5.41, 5.74) is 0.799. The highest BCUT2D eigenvalue weighted by atomic mass is 32.2. The summed E-state index contributed by atoms with van der Waals surface area (Å²) in [7, 11) is -0.407. The van der Waals surface area contributed by atoms with E-state index < -0.39 is 10.2 Å². The zero-order valence-corrected chi connectivity index (χ0v) is 15.6. The van der Waals surface area contributed by atoms with Crippen molar-refractivity contribution in [2.24, 2.45) is 11.1 Å². The fourth-order valence-corrected chi connectivity index (χ4v) is 3.58. The van der Waals surface area contributed by atoms with E-state index in [0.717, 1.165) is 42.7 Å². The summed E-state index contributed by atoms with van der Waals surface area (Å²) >= 11 is 0. The number of rotatable bonds is 8. The van der Waals surface area contributed by atoms with Gasteiger partial charge in [0.15, 0.2) is 11.5 Å². The second kappa shape index (κ2) is 7.60. The molecule has 0 atom stereocenters. The Morgan fingerprint density at radius 1 is 1.23 bits per heavy atom. The number of ether oxygens (including phenoxy) is 2. The van der Waals surface area contributed by atoms with E-state index >= 15 is 0 Å². The van der Waals surface area contributed by atoms with Crippen molar-refractivity contribution in [2.75, 3.05) is 38.8 Å². The number of anilines is 1. The summed E-state index contributed by atoms with van der Waals surface area (Å²) < 4.78 is 34.7. The molecule has 1 aromatic carbocycles. The molecule has 2 aromatic rings. The van der Waals surface area contributed by atoms with Crippen molar-refractivity contribution >= 4 is 26.9 Å². The van der Waals surface area contributed by atoms with E-state index in [9.17, 15) is 8.42 Å². The van der Waals surface area contributed by atoms with Gasteiger partial charge in [0.2, 0.25) is 0 Å². The van der Waals surface area contributed by atoms with E-state index in [-0.39, 0.29) is 0 Å². The van der Waals surface area contributed by atoms with Gasteiger partial charge in [0, 0.05) is 31.1 Å². The molecular weight excluding hydrogens is 358 g/mol. The Kier molecular flexibility index (Phi) is 5.44. The Hall–Kier alpha value is -2.17. The van der Waals surface area contributed by atoms with Crippen molar-refractivity contribution < 1.29 is 17.9 Å². The fraction of sp³-hybridized carbons (Fsp3) is 0.500. The van der Waals surface area contributed by atoms with Crippen molar-refractivity contribution in [1.29, 1.82) is 0 Å². The Bertz CT molecular complexity index is 884. The zero-order valence-electron chi connectivity index (χ0n) is 14.8. The summed E-state index contributed by atoms with van der Waals surface area (Å²) in [5, 5.41) is 5.83. The van der Waals surface area contributed by atoms with Crippen LogP contribution in [0.2, 0.25) is 0 Å². The molecule has 0 bridgehead atoms. The van der Waals surface area contributed by atoms with Gasteiger partial charge in [0.05, 0.1) is 19.7 Å². The summed E-state index contributed by atoms with van der Waals surface area (Å²) in [6.45, 7) is 2.11. The molecule has 3 N–H and O–H groups in total. The van der Waals surface area contributed by atoms with Gasteiger partial charge in [-0.2, -0.15) is 8.42 Å². The van der Waals surface area contributed by atoms with Gasteiger partial charge in [-0.25, -0.2) is 19.8 Å². The molecule has 1 aliphatic rings. The smallest absolute Gasteiger partial charge is 0.274 e. The quantitative estimate of drug-likeness (QED) is 0.644. The van der Waals surface area contributed by atoms with Gasteiger partial charge in [-0.15, -0.1) is 0 Å². The first kappa shape index (κ1) is 18.6. The van der Waals surface area contributed by atoms with Gasteiger partial charge >= 0.3 is 0 Å². The van der Waals surface area contributed by atoms with Crippen molar-refractivity contribution in [1.82, 2.24) is 14.7 Å². The first-order chi connectivity index (χ1) is 12.4. The molecule has 0 radical (unpaired) electrons. The monoisotopic (exact) mass is 381 g/mol. The normalized spacial score (nSPS) is 15.1. The molecule has 10 heteroatoms. The number of aromatic nitrogens is 2. The molecule has 142 valence electrons. The highest BCUT2D eigenvalue weighted by Gasteiger charge is 2.29. The predicted octanol–water partition coefficient (Wildman–Crippen LogP) is 0.657. The number of fused-ring (bicyclic) bond motifs is 1. The molecule has 0 aliphatic carbocycles. The lowest BCUT2D eigenvalue weighted by molar-refractivity contribution is 0.355. The van der Waals surface area contributed by atoms with E-state index in [0.29, 0.717) is 24.0 Å². The van der Waals surface area contributed by atoms with Gasteiger partial charge in [-0.1, -0.05) is 0 Å². The first-order valence-electron chi connectivity index (χ1n) is 8.30. The molecule has 9 nitrogen and oxygen atoms in total. The van der Waals surface area contributed by atoms with Crippen LogP contribution in [0, 0.1) is 5.92 Å². The Morgan fingerprint density at radius 2 is 1.92 bits per heavy atom. The first-order valence-corrected chi connectivity index (χ1v) is 9.85. The maximum atomic E-state index is 10.8. The van der Waals surface area contributed by atoms with Crippen LogP contribution in [0.3, 0.4) is 0 Å². The third kappa shape index (κ3) is 4.14. The minimum atomic E-state index is -3.60. The third-order valence-electron chi connectivity index (χ3n) is 4.47. The molecule has 1 saturated heterocycles. The topological polar surface area (TPSA) is 120 Å². The zero-order chi connectivity index (χ0) is 18.7. The molecule has 0 spiro atoms. The van der Waals surface area contributed by atoms with Gasteiger partial charge in [0.1, 0.15) is 12.1 Å². The highest BCUT2D eigenvalue weighted by molar-refractivity contribution is 7.87. The molecule has 1 fully saturated rings. The average molecular weight is 381 g/mol. The van der Waals surface area contributed by atoms with Crippen LogP contribution >= 0.6 is 0 Å². The SMILES string of the molecule is COc1cc2ncnc(N3CC(CCCNS(N)(=O)=O)C3)c2cc1OC. The number of hydrogen-bond acceptors (Lipinski definition) is 7. The van der Waals surface area contributed by atoms with Crippen LogP contribution in [0.25, 0.3) is 10.9 Å². The van der Waals surface area contributed by atoms with E-state index in [4.69, 9.17) is 14.6 Å². The maximum Gasteiger partial charge on any atom is 0.274 e. The van der Waals surface area contributed by atoms with E-state index in [1.807, 2.05) is 12.1 Å². The van der Waals surface area contributed by atoms with Crippen molar-refractivity contribution in [3.05, 3.63) is 18.5 Å². The van der Waals surface area contributed by atoms with Crippen LogP contribution in [-0.2, 0) is 10.2 Å². The fourth-order valence-electron chi connectivity index (χ4n) is 3.15. The van der Waals surface area contributed by atoms with Crippen LogP contribution in [-0.4, -0.2) is 52.2 Å². The number of nitrogens with one attached hydrogen (secondary N) is 1. The summed E-state index contributed by atoms with van der Waals surface area (Å²) in [6, 6.07) is 3.74. The molecule has 0 saturated carbocycles. The Morgan fingerprint density at radius 3 is 2.58 bits per heavy atom. The van der Waals surface area contributed by atoms with E-state index in [1.165, 1.54) is 0 Å². The number of benzene rings is 1.